The van der Waals surface area contributed by atoms with E-state index >= 15 is 0 Å². The highest BCUT2D eigenvalue weighted by atomic mass is 16.5. The Morgan fingerprint density at radius 1 is 0.700 bits per heavy atom. The van der Waals surface area contributed by atoms with Crippen molar-refractivity contribution in [3.63, 3.8) is 0 Å². The van der Waals surface area contributed by atoms with Crippen molar-refractivity contribution in [3.05, 3.63) is 120 Å². The standard InChI is InChI=1S/C22H27N7O.C15H13N5/c1-16-14-21(27-26-16)24-20-15-22(29-12-10-28(2)11-13-29)25-19(23-20)9-6-17-4-7-18(30-3)8-5-17;1-2-4-12(5-3-1)6-7-13-16-10-8-14(18-13)19-15-9-11-17-20-15/h4-9,14-15H,10-13H2,1-3H3,(H2,23,24,25,26,27);1-11H,(H2,16,17,18,19,20)/b9-6+;7-6+. The molecule has 0 aliphatic carbocycles. The summed E-state index contributed by atoms with van der Waals surface area (Å²) >= 11 is 0. The smallest absolute Gasteiger partial charge is 0.156 e. The number of aromatic amines is 2. The van der Waals surface area contributed by atoms with Gasteiger partial charge in [-0.1, -0.05) is 54.6 Å². The molecule has 13 heteroatoms. The Balaban J connectivity index is 0.000000187. The van der Waals surface area contributed by atoms with E-state index in [-0.39, 0.29) is 0 Å². The fraction of sp³-hybridized carbons (Fsp3) is 0.189. The molecule has 0 atom stereocenters. The number of rotatable bonds is 10. The van der Waals surface area contributed by atoms with Gasteiger partial charge in [0, 0.05) is 56.3 Å². The number of likely N-dealkylation sites (N-methyl/N-ethyl adjacent to an activating group) is 1. The van der Waals surface area contributed by atoms with Crippen LogP contribution < -0.4 is 20.3 Å². The number of hydrogen-bond donors (Lipinski definition) is 4. The third-order valence-corrected chi connectivity index (χ3v) is 7.72. The van der Waals surface area contributed by atoms with E-state index in [4.69, 9.17) is 9.72 Å². The monoisotopic (exact) mass is 668 g/mol. The quantitative estimate of drug-likeness (QED) is 0.130. The van der Waals surface area contributed by atoms with Crippen LogP contribution in [0.3, 0.4) is 0 Å². The molecule has 5 heterocycles. The van der Waals surface area contributed by atoms with Gasteiger partial charge in [0.25, 0.3) is 0 Å². The number of nitrogens with zero attached hydrogens (tertiary/aromatic N) is 8. The molecule has 0 spiro atoms. The lowest BCUT2D eigenvalue weighted by Gasteiger charge is -2.33. The van der Waals surface area contributed by atoms with E-state index in [1.54, 1.807) is 25.6 Å². The van der Waals surface area contributed by atoms with Crippen LogP contribution in [0.25, 0.3) is 24.3 Å². The number of aromatic nitrogens is 8. The number of hydrogen-bond acceptors (Lipinski definition) is 11. The van der Waals surface area contributed by atoms with Gasteiger partial charge in [-0.15, -0.1) is 0 Å². The second-order valence-electron chi connectivity index (χ2n) is 11.6. The summed E-state index contributed by atoms with van der Waals surface area (Å²) in [7, 11) is 3.81. The van der Waals surface area contributed by atoms with Crippen LogP contribution in [0, 0.1) is 6.92 Å². The topological polar surface area (TPSA) is 149 Å². The van der Waals surface area contributed by atoms with Crippen LogP contribution in [0.4, 0.5) is 29.1 Å². The molecule has 0 saturated carbocycles. The number of ether oxygens (including phenoxy) is 1. The molecule has 1 fully saturated rings. The van der Waals surface area contributed by atoms with Crippen LogP contribution in [0.15, 0.2) is 91.3 Å². The Bertz CT molecular complexity index is 1980. The van der Waals surface area contributed by atoms with E-state index in [0.29, 0.717) is 11.6 Å². The number of H-pyrrole nitrogens is 2. The Labute approximate surface area is 291 Å². The molecular formula is C37H40N12O. The van der Waals surface area contributed by atoms with Crippen LogP contribution in [0.1, 0.15) is 28.5 Å². The predicted octanol–water partition coefficient (Wildman–Crippen LogP) is 6.30. The molecule has 2 aromatic carbocycles. The average Bonchev–Trinajstić information content (AvgIpc) is 3.82. The highest BCUT2D eigenvalue weighted by Crippen LogP contribution is 2.22. The van der Waals surface area contributed by atoms with Gasteiger partial charge in [-0.25, -0.2) is 19.9 Å². The number of piperazine rings is 1. The van der Waals surface area contributed by atoms with Crippen molar-refractivity contribution in [2.75, 3.05) is 55.9 Å². The normalized spacial score (nSPS) is 13.3. The minimum absolute atomic E-state index is 0.650. The Morgan fingerprint density at radius 2 is 1.44 bits per heavy atom. The van der Waals surface area contributed by atoms with Crippen molar-refractivity contribution in [2.24, 2.45) is 0 Å². The zero-order valence-electron chi connectivity index (χ0n) is 28.3. The van der Waals surface area contributed by atoms with Crippen molar-refractivity contribution in [1.82, 2.24) is 45.2 Å². The maximum Gasteiger partial charge on any atom is 0.156 e. The minimum atomic E-state index is 0.650. The summed E-state index contributed by atoms with van der Waals surface area (Å²) in [5.74, 6) is 6.03. The summed E-state index contributed by atoms with van der Waals surface area (Å²) in [6.45, 7) is 5.88. The minimum Gasteiger partial charge on any atom is -0.497 e. The molecule has 6 aromatic rings. The highest BCUT2D eigenvalue weighted by molar-refractivity contribution is 5.69. The van der Waals surface area contributed by atoms with Crippen LogP contribution >= 0.6 is 0 Å². The molecule has 13 nitrogen and oxygen atoms in total. The summed E-state index contributed by atoms with van der Waals surface area (Å²) in [5, 5.41) is 20.3. The molecule has 254 valence electrons. The van der Waals surface area contributed by atoms with E-state index in [2.05, 4.69) is 62.8 Å². The van der Waals surface area contributed by atoms with Crippen LogP contribution in [-0.4, -0.2) is 85.6 Å². The maximum atomic E-state index is 5.22. The van der Waals surface area contributed by atoms with Crippen molar-refractivity contribution in [1.29, 1.82) is 0 Å². The molecule has 1 saturated heterocycles. The fourth-order valence-corrected chi connectivity index (χ4v) is 5.01. The lowest BCUT2D eigenvalue weighted by molar-refractivity contribution is 0.312. The van der Waals surface area contributed by atoms with Gasteiger partial charge in [-0.3, -0.25) is 10.2 Å². The number of nitrogens with one attached hydrogen (secondary N) is 4. The first-order valence-electron chi connectivity index (χ1n) is 16.3. The third kappa shape index (κ3) is 9.84. The average molecular weight is 669 g/mol. The van der Waals surface area contributed by atoms with Gasteiger partial charge in [0.1, 0.15) is 29.0 Å². The van der Waals surface area contributed by atoms with E-state index < -0.39 is 0 Å². The van der Waals surface area contributed by atoms with Crippen molar-refractivity contribution >= 4 is 53.4 Å². The van der Waals surface area contributed by atoms with Crippen LogP contribution in [-0.2, 0) is 0 Å². The lowest BCUT2D eigenvalue weighted by Crippen LogP contribution is -2.44. The Hall–Kier alpha value is -6.34. The Morgan fingerprint density at radius 3 is 2.14 bits per heavy atom. The van der Waals surface area contributed by atoms with Crippen molar-refractivity contribution < 1.29 is 4.74 Å². The second kappa shape index (κ2) is 16.7. The van der Waals surface area contributed by atoms with Gasteiger partial charge >= 0.3 is 0 Å². The van der Waals surface area contributed by atoms with Gasteiger partial charge in [0.15, 0.2) is 17.5 Å². The highest BCUT2D eigenvalue weighted by Gasteiger charge is 2.17. The zero-order chi connectivity index (χ0) is 34.5. The van der Waals surface area contributed by atoms with Gasteiger partial charge in [0.05, 0.1) is 13.3 Å². The maximum absolute atomic E-state index is 5.22. The molecule has 0 amide bonds. The number of methoxy groups -OCH3 is 1. The van der Waals surface area contributed by atoms with E-state index in [9.17, 15) is 0 Å². The number of aryl methyl sites for hydroxylation is 1. The summed E-state index contributed by atoms with van der Waals surface area (Å²) in [4.78, 5) is 22.7. The molecule has 0 bridgehead atoms. The zero-order valence-corrected chi connectivity index (χ0v) is 28.3. The number of benzene rings is 2. The van der Waals surface area contributed by atoms with Crippen molar-refractivity contribution in [3.8, 4) is 5.75 Å². The molecular weight excluding hydrogens is 628 g/mol. The summed E-state index contributed by atoms with van der Waals surface area (Å²) < 4.78 is 5.22. The second-order valence-corrected chi connectivity index (χ2v) is 11.6. The summed E-state index contributed by atoms with van der Waals surface area (Å²) in [6.07, 6.45) is 11.2. The molecule has 0 radical (unpaired) electrons. The van der Waals surface area contributed by atoms with Gasteiger partial charge in [-0.05, 0) is 55.4 Å². The number of anilines is 5. The van der Waals surface area contributed by atoms with Gasteiger partial charge < -0.3 is 25.2 Å². The predicted molar refractivity (Wildman–Crippen MR) is 200 cm³/mol. The van der Waals surface area contributed by atoms with Crippen LogP contribution in [0.2, 0.25) is 0 Å². The molecule has 1 aliphatic rings. The van der Waals surface area contributed by atoms with Gasteiger partial charge in [0.2, 0.25) is 0 Å². The van der Waals surface area contributed by atoms with E-state index in [1.165, 1.54) is 0 Å². The van der Waals surface area contributed by atoms with E-state index in [1.807, 2.05) is 104 Å². The first-order valence-corrected chi connectivity index (χ1v) is 16.3. The third-order valence-electron chi connectivity index (χ3n) is 7.72. The molecule has 7 rings (SSSR count). The summed E-state index contributed by atoms with van der Waals surface area (Å²) in [6, 6.07) is 25.5. The van der Waals surface area contributed by atoms with E-state index in [0.717, 1.165) is 77.8 Å². The SMILES string of the molecule is C(=C\c1nccc(Nc2ccn[nH]2)n1)/c1ccccc1.COc1ccc(/C=C/c2nc(Nc3cc(C)[nH]n3)cc(N3CCN(C)CC3)n2)cc1. The molecule has 4 N–H and O–H groups in total. The van der Waals surface area contributed by atoms with Crippen molar-refractivity contribution in [2.45, 2.75) is 6.92 Å². The first-order chi connectivity index (χ1) is 24.5. The molecule has 4 aromatic heterocycles. The summed E-state index contributed by atoms with van der Waals surface area (Å²) in [5.41, 5.74) is 3.16. The molecule has 50 heavy (non-hydrogen) atoms. The molecule has 1 aliphatic heterocycles. The largest absolute Gasteiger partial charge is 0.497 e. The first kappa shape index (κ1) is 33.6. The fourth-order valence-electron chi connectivity index (χ4n) is 5.01. The van der Waals surface area contributed by atoms with Crippen LogP contribution in [0.5, 0.6) is 5.75 Å². The lowest BCUT2D eigenvalue weighted by atomic mass is 10.2. The molecule has 0 unspecified atom stereocenters. The Kier molecular flexibility index (Phi) is 11.2. The van der Waals surface area contributed by atoms with Gasteiger partial charge in [-0.2, -0.15) is 10.2 Å².